The molecule has 0 aromatic rings. The summed E-state index contributed by atoms with van der Waals surface area (Å²) in [5.74, 6) is 0.451. The molecule has 0 aliphatic heterocycles. The van der Waals surface area contributed by atoms with E-state index in [0.717, 1.165) is 12.8 Å². The summed E-state index contributed by atoms with van der Waals surface area (Å²) in [7, 11) is 0. The number of Topliss-reactive ketones (excluding diaryl/α,β-unsaturated/α-hetero) is 1. The van der Waals surface area contributed by atoms with Crippen LogP contribution in [0.2, 0.25) is 0 Å². The maximum Gasteiger partial charge on any atom is 0.182 e. The van der Waals surface area contributed by atoms with Gasteiger partial charge in [-0.25, -0.2) is 0 Å². The Balaban J connectivity index is 1.96. The van der Waals surface area contributed by atoms with Crippen molar-refractivity contribution in [3.63, 3.8) is 0 Å². The van der Waals surface area contributed by atoms with Crippen molar-refractivity contribution in [3.05, 3.63) is 23.8 Å². The summed E-state index contributed by atoms with van der Waals surface area (Å²) in [5.41, 5.74) is 0.0245. The topological polar surface area (TPSA) is 51.2 Å². The third-order valence-corrected chi connectivity index (χ3v) is 5.66. The lowest BCUT2D eigenvalue weighted by molar-refractivity contribution is -0.129. The first-order valence-electron chi connectivity index (χ1n) is 6.87. The van der Waals surface area contributed by atoms with E-state index in [-0.39, 0.29) is 22.8 Å². The van der Waals surface area contributed by atoms with Gasteiger partial charge in [0.1, 0.15) is 5.78 Å². The van der Waals surface area contributed by atoms with Crippen LogP contribution in [0.5, 0.6) is 0 Å². The minimum absolute atomic E-state index is 0.0601. The molecule has 0 spiro atoms. The molecule has 0 aromatic carbocycles. The first kappa shape index (κ1) is 12.5. The maximum absolute atomic E-state index is 12.4. The van der Waals surface area contributed by atoms with Crippen molar-refractivity contribution in [3.8, 4) is 0 Å². The predicted molar refractivity (Wildman–Crippen MR) is 70.4 cm³/mol. The van der Waals surface area contributed by atoms with Crippen LogP contribution in [0, 0.1) is 16.7 Å². The minimum atomic E-state index is -0.426. The summed E-state index contributed by atoms with van der Waals surface area (Å²) in [6.45, 7) is 4.28. The summed E-state index contributed by atoms with van der Waals surface area (Å²) < 4.78 is 0. The average molecular weight is 258 g/mol. The van der Waals surface area contributed by atoms with Crippen molar-refractivity contribution in [1.82, 2.24) is 0 Å². The van der Waals surface area contributed by atoms with E-state index in [1.165, 1.54) is 18.2 Å². The van der Waals surface area contributed by atoms with Gasteiger partial charge in [-0.1, -0.05) is 13.8 Å². The molecule has 19 heavy (non-hydrogen) atoms. The summed E-state index contributed by atoms with van der Waals surface area (Å²) in [5, 5.41) is 0. The van der Waals surface area contributed by atoms with Gasteiger partial charge in [-0.3, -0.25) is 14.4 Å². The van der Waals surface area contributed by atoms with Crippen molar-refractivity contribution in [2.24, 2.45) is 16.7 Å². The SMILES string of the molecule is CC1(C)C2CCC1(CC1=CC(=O)C=CC1=O)C(=O)C2. The van der Waals surface area contributed by atoms with Crippen molar-refractivity contribution in [2.75, 3.05) is 0 Å². The van der Waals surface area contributed by atoms with Gasteiger partial charge in [0, 0.05) is 17.4 Å². The number of hydrogen-bond donors (Lipinski definition) is 0. The van der Waals surface area contributed by atoms with Crippen molar-refractivity contribution in [1.29, 1.82) is 0 Å². The summed E-state index contributed by atoms with van der Waals surface area (Å²) in [6, 6.07) is 0. The highest BCUT2D eigenvalue weighted by Crippen LogP contribution is 2.66. The Labute approximate surface area is 112 Å². The number of carbonyl (C=O) groups is 3. The van der Waals surface area contributed by atoms with Crippen LogP contribution in [0.15, 0.2) is 23.8 Å². The molecule has 2 fully saturated rings. The van der Waals surface area contributed by atoms with Crippen LogP contribution in [0.3, 0.4) is 0 Å². The van der Waals surface area contributed by atoms with Gasteiger partial charge in [-0.2, -0.15) is 0 Å². The predicted octanol–water partition coefficient (Wildman–Crippen LogP) is 2.41. The van der Waals surface area contributed by atoms with Gasteiger partial charge in [-0.15, -0.1) is 0 Å². The molecule has 3 aliphatic carbocycles. The number of allylic oxidation sites excluding steroid dienone is 4. The molecule has 0 radical (unpaired) electrons. The summed E-state index contributed by atoms with van der Waals surface area (Å²) in [4.78, 5) is 35.7. The third-order valence-electron chi connectivity index (χ3n) is 5.66. The molecule has 0 saturated heterocycles. The zero-order valence-corrected chi connectivity index (χ0v) is 11.4. The normalized spacial score (nSPS) is 36.0. The molecule has 100 valence electrons. The molecule has 0 amide bonds. The Bertz CT molecular complexity index is 550. The molecule has 3 heteroatoms. The minimum Gasteiger partial charge on any atom is -0.299 e. The standard InChI is InChI=1S/C16H18O3/c1-15(2)11-5-6-16(15,14(19)8-11)9-10-7-12(17)3-4-13(10)18/h3-4,7,11H,5-6,8-9H2,1-2H3. The zero-order valence-electron chi connectivity index (χ0n) is 11.4. The van der Waals surface area contributed by atoms with Gasteiger partial charge < -0.3 is 0 Å². The second kappa shape index (κ2) is 3.75. The molecule has 3 nitrogen and oxygen atoms in total. The van der Waals surface area contributed by atoms with E-state index in [9.17, 15) is 14.4 Å². The second-order valence-corrected chi connectivity index (χ2v) is 6.61. The largest absolute Gasteiger partial charge is 0.299 e. The highest BCUT2D eigenvalue weighted by Gasteiger charge is 2.64. The molecule has 2 bridgehead atoms. The highest BCUT2D eigenvalue weighted by molar-refractivity contribution is 6.17. The van der Waals surface area contributed by atoms with E-state index in [4.69, 9.17) is 0 Å². The Hall–Kier alpha value is -1.51. The fraction of sp³-hybridized carbons (Fsp3) is 0.562. The third kappa shape index (κ3) is 1.54. The van der Waals surface area contributed by atoms with Crippen LogP contribution in [-0.4, -0.2) is 17.3 Å². The van der Waals surface area contributed by atoms with Gasteiger partial charge in [0.25, 0.3) is 0 Å². The number of ketones is 3. The average Bonchev–Trinajstić information content (AvgIpc) is 2.68. The number of hydrogen-bond acceptors (Lipinski definition) is 3. The number of rotatable bonds is 2. The monoisotopic (exact) mass is 258 g/mol. The van der Waals surface area contributed by atoms with Crippen molar-refractivity contribution < 1.29 is 14.4 Å². The Morgan fingerprint density at radius 2 is 1.95 bits per heavy atom. The van der Waals surface area contributed by atoms with Gasteiger partial charge in [0.15, 0.2) is 11.6 Å². The Kier molecular flexibility index (Phi) is 2.47. The van der Waals surface area contributed by atoms with Crippen molar-refractivity contribution in [2.45, 2.75) is 39.5 Å². The summed E-state index contributed by atoms with van der Waals surface area (Å²) >= 11 is 0. The second-order valence-electron chi connectivity index (χ2n) is 6.61. The van der Waals surface area contributed by atoms with E-state index in [0.29, 0.717) is 24.3 Å². The van der Waals surface area contributed by atoms with E-state index < -0.39 is 5.41 Å². The Morgan fingerprint density at radius 3 is 2.53 bits per heavy atom. The zero-order chi connectivity index (χ0) is 13.8. The molecule has 3 aliphatic rings. The quantitative estimate of drug-likeness (QED) is 0.715. The molecule has 2 atom stereocenters. The van der Waals surface area contributed by atoms with Gasteiger partial charge in [0.2, 0.25) is 0 Å². The molecule has 3 rings (SSSR count). The van der Waals surface area contributed by atoms with Crippen LogP contribution in [0.1, 0.15) is 39.5 Å². The summed E-state index contributed by atoms with van der Waals surface area (Å²) in [6.07, 6.45) is 7.01. The molecule has 0 aromatic heterocycles. The maximum atomic E-state index is 12.4. The van der Waals surface area contributed by atoms with E-state index in [2.05, 4.69) is 13.8 Å². The smallest absolute Gasteiger partial charge is 0.182 e. The van der Waals surface area contributed by atoms with E-state index >= 15 is 0 Å². The van der Waals surface area contributed by atoms with Crippen LogP contribution >= 0.6 is 0 Å². The van der Waals surface area contributed by atoms with Crippen LogP contribution < -0.4 is 0 Å². The van der Waals surface area contributed by atoms with Crippen LogP contribution in [-0.2, 0) is 14.4 Å². The molecule has 0 heterocycles. The molecule has 2 saturated carbocycles. The fourth-order valence-electron chi connectivity index (χ4n) is 4.20. The first-order valence-corrected chi connectivity index (χ1v) is 6.87. The van der Waals surface area contributed by atoms with Crippen LogP contribution in [0.4, 0.5) is 0 Å². The number of carbonyl (C=O) groups excluding carboxylic acids is 3. The molecule has 0 N–H and O–H groups in total. The highest BCUT2D eigenvalue weighted by atomic mass is 16.1. The number of fused-ring (bicyclic) bond motifs is 2. The molecular formula is C16H18O3. The fourth-order valence-corrected chi connectivity index (χ4v) is 4.20. The van der Waals surface area contributed by atoms with Gasteiger partial charge in [-0.05, 0) is 48.8 Å². The van der Waals surface area contributed by atoms with Crippen LogP contribution in [0.25, 0.3) is 0 Å². The molecule has 2 unspecified atom stereocenters. The Morgan fingerprint density at radius 1 is 1.21 bits per heavy atom. The first-order chi connectivity index (χ1) is 8.87. The van der Waals surface area contributed by atoms with Gasteiger partial charge >= 0.3 is 0 Å². The lowest BCUT2D eigenvalue weighted by atomic mass is 9.65. The van der Waals surface area contributed by atoms with E-state index in [1.807, 2.05) is 0 Å². The lowest BCUT2D eigenvalue weighted by Gasteiger charge is -2.37. The lowest BCUT2D eigenvalue weighted by Crippen LogP contribution is -2.37. The molecular weight excluding hydrogens is 240 g/mol. The van der Waals surface area contributed by atoms with E-state index in [1.54, 1.807) is 0 Å². The van der Waals surface area contributed by atoms with Gasteiger partial charge in [0.05, 0.1) is 0 Å². The van der Waals surface area contributed by atoms with Crippen molar-refractivity contribution >= 4 is 17.3 Å².